The summed E-state index contributed by atoms with van der Waals surface area (Å²) in [6.07, 6.45) is 3.34. The van der Waals surface area contributed by atoms with E-state index in [1.807, 2.05) is 11.4 Å². The minimum Gasteiger partial charge on any atom is -0.339 e. The van der Waals surface area contributed by atoms with Crippen molar-refractivity contribution in [1.29, 1.82) is 0 Å². The van der Waals surface area contributed by atoms with E-state index in [1.165, 1.54) is 23.5 Å². The maximum absolute atomic E-state index is 13.3. The molecule has 0 aliphatic heterocycles. The van der Waals surface area contributed by atoms with Gasteiger partial charge in [0.15, 0.2) is 5.82 Å². The number of hydrogen-bond donors (Lipinski definition) is 1. The Bertz CT molecular complexity index is 846. The molecule has 2 heterocycles. The predicted octanol–water partition coefficient (Wildman–Crippen LogP) is 3.68. The van der Waals surface area contributed by atoms with E-state index in [4.69, 9.17) is 10.3 Å². The quantitative estimate of drug-likeness (QED) is 0.762. The van der Waals surface area contributed by atoms with Crippen molar-refractivity contribution in [3.8, 4) is 10.6 Å². The van der Waals surface area contributed by atoms with Crippen LogP contribution in [0.2, 0.25) is 0 Å². The van der Waals surface area contributed by atoms with Gasteiger partial charge in [0.05, 0.1) is 17.7 Å². The smallest absolute Gasteiger partial charge is 0.232 e. The molecule has 1 fully saturated rings. The number of rotatable bonds is 4. The van der Waals surface area contributed by atoms with Crippen LogP contribution in [0.1, 0.15) is 36.7 Å². The molecule has 5 nitrogen and oxygen atoms in total. The average Bonchev–Trinajstić information content (AvgIpc) is 3.15. The Morgan fingerprint density at radius 1 is 1.29 bits per heavy atom. The minimum absolute atomic E-state index is 0. The first kappa shape index (κ1) is 17.0. The van der Waals surface area contributed by atoms with Crippen molar-refractivity contribution in [2.75, 3.05) is 0 Å². The van der Waals surface area contributed by atoms with Crippen LogP contribution in [0.5, 0.6) is 0 Å². The molecule has 0 saturated heterocycles. The van der Waals surface area contributed by atoms with Crippen molar-refractivity contribution in [3.63, 3.8) is 0 Å². The predicted molar refractivity (Wildman–Crippen MR) is 91.6 cm³/mol. The zero-order valence-electron chi connectivity index (χ0n) is 12.7. The number of nitrogens with two attached hydrogens (primary N) is 1. The zero-order valence-corrected chi connectivity index (χ0v) is 14.4. The summed E-state index contributed by atoms with van der Waals surface area (Å²) >= 11 is 1.47. The molecule has 0 bridgehead atoms. The van der Waals surface area contributed by atoms with Gasteiger partial charge in [-0.2, -0.15) is 4.98 Å². The molecule has 0 atom stereocenters. The molecule has 0 unspecified atom stereocenters. The van der Waals surface area contributed by atoms with E-state index in [9.17, 15) is 4.39 Å². The van der Waals surface area contributed by atoms with Crippen LogP contribution < -0.4 is 5.73 Å². The van der Waals surface area contributed by atoms with Crippen LogP contribution in [-0.4, -0.2) is 15.1 Å². The largest absolute Gasteiger partial charge is 0.339 e. The van der Waals surface area contributed by atoms with Gasteiger partial charge < -0.3 is 10.3 Å². The van der Waals surface area contributed by atoms with Crippen LogP contribution in [0.15, 0.2) is 34.2 Å². The normalized spacial score (nSPS) is 15.6. The number of thiazole rings is 1. The lowest BCUT2D eigenvalue weighted by molar-refractivity contribution is 0.229. The topological polar surface area (TPSA) is 77.8 Å². The first-order valence-electron chi connectivity index (χ1n) is 7.45. The van der Waals surface area contributed by atoms with E-state index in [-0.39, 0.29) is 18.2 Å². The zero-order chi connectivity index (χ0) is 15.9. The summed E-state index contributed by atoms with van der Waals surface area (Å²) in [7, 11) is 0. The van der Waals surface area contributed by atoms with E-state index in [1.54, 1.807) is 6.07 Å². The monoisotopic (exact) mass is 366 g/mol. The minimum atomic E-state index is -0.420. The summed E-state index contributed by atoms with van der Waals surface area (Å²) in [5.41, 5.74) is 7.36. The Hall–Kier alpha value is -1.83. The fourth-order valence-electron chi connectivity index (χ4n) is 2.61. The number of halogens is 2. The van der Waals surface area contributed by atoms with E-state index < -0.39 is 5.54 Å². The number of nitrogens with zero attached hydrogens (tertiary/aromatic N) is 3. The second-order valence-corrected chi connectivity index (χ2v) is 6.71. The number of benzene rings is 1. The van der Waals surface area contributed by atoms with Crippen LogP contribution in [0.25, 0.3) is 10.6 Å². The van der Waals surface area contributed by atoms with Gasteiger partial charge >= 0.3 is 0 Å². The Morgan fingerprint density at radius 3 is 2.83 bits per heavy atom. The fourth-order valence-corrected chi connectivity index (χ4v) is 3.42. The van der Waals surface area contributed by atoms with Crippen molar-refractivity contribution in [2.24, 2.45) is 5.73 Å². The SMILES string of the molecule is Cl.NC1(c2noc(Cc3csc(-c4cccc(F)c4)n3)n2)CCC1. The van der Waals surface area contributed by atoms with E-state index >= 15 is 0 Å². The van der Waals surface area contributed by atoms with Crippen LogP contribution in [0, 0.1) is 5.82 Å². The molecule has 4 rings (SSSR count). The molecule has 0 spiro atoms. The molecule has 1 aliphatic carbocycles. The highest BCUT2D eigenvalue weighted by Gasteiger charge is 2.38. The number of hydrogen-bond acceptors (Lipinski definition) is 6. The van der Waals surface area contributed by atoms with Crippen molar-refractivity contribution < 1.29 is 8.91 Å². The molecule has 1 aliphatic rings. The summed E-state index contributed by atoms with van der Waals surface area (Å²) in [4.78, 5) is 8.91. The summed E-state index contributed by atoms with van der Waals surface area (Å²) in [5, 5.41) is 6.69. The third-order valence-corrected chi connectivity index (χ3v) is 5.06. The van der Waals surface area contributed by atoms with Crippen molar-refractivity contribution in [3.05, 3.63) is 52.9 Å². The van der Waals surface area contributed by atoms with Gasteiger partial charge in [-0.25, -0.2) is 9.37 Å². The summed E-state index contributed by atoms with van der Waals surface area (Å²) in [6.45, 7) is 0. The standard InChI is InChI=1S/C16H15FN4OS.ClH/c17-11-4-1-3-10(7-11)14-19-12(9-23-14)8-13-20-15(21-22-13)16(18)5-2-6-16;/h1,3-4,7,9H,2,5-6,8,18H2;1H. The van der Waals surface area contributed by atoms with Gasteiger partial charge in [-0.05, 0) is 31.4 Å². The Kier molecular flexibility index (Phi) is 4.67. The summed E-state index contributed by atoms with van der Waals surface area (Å²) in [6, 6.07) is 6.41. The van der Waals surface area contributed by atoms with Gasteiger partial charge in [-0.3, -0.25) is 0 Å². The lowest BCUT2D eigenvalue weighted by atomic mass is 9.77. The van der Waals surface area contributed by atoms with Crippen molar-refractivity contribution >= 4 is 23.7 Å². The third-order valence-electron chi connectivity index (χ3n) is 4.11. The van der Waals surface area contributed by atoms with E-state index in [0.29, 0.717) is 18.1 Å². The Balaban J connectivity index is 0.00000169. The first-order valence-corrected chi connectivity index (χ1v) is 8.33. The summed E-state index contributed by atoms with van der Waals surface area (Å²) < 4.78 is 18.6. The average molecular weight is 367 g/mol. The lowest BCUT2D eigenvalue weighted by Gasteiger charge is -2.34. The molecular formula is C16H16ClFN4OS. The Labute approximate surface area is 148 Å². The van der Waals surface area contributed by atoms with Gasteiger partial charge in [-0.15, -0.1) is 23.7 Å². The van der Waals surface area contributed by atoms with Crippen molar-refractivity contribution in [2.45, 2.75) is 31.2 Å². The molecule has 1 saturated carbocycles. The molecule has 24 heavy (non-hydrogen) atoms. The van der Waals surface area contributed by atoms with Gasteiger partial charge in [0.1, 0.15) is 10.8 Å². The molecule has 2 N–H and O–H groups in total. The Morgan fingerprint density at radius 2 is 2.12 bits per heavy atom. The molecule has 1 aromatic carbocycles. The lowest BCUT2D eigenvalue weighted by Crippen LogP contribution is -2.44. The molecule has 0 radical (unpaired) electrons. The van der Waals surface area contributed by atoms with E-state index in [2.05, 4.69) is 15.1 Å². The highest BCUT2D eigenvalue weighted by Crippen LogP contribution is 2.37. The van der Waals surface area contributed by atoms with Crippen LogP contribution in [0.4, 0.5) is 4.39 Å². The van der Waals surface area contributed by atoms with Crippen LogP contribution in [0.3, 0.4) is 0 Å². The van der Waals surface area contributed by atoms with Gasteiger partial charge in [-0.1, -0.05) is 17.3 Å². The van der Waals surface area contributed by atoms with Gasteiger partial charge in [0.25, 0.3) is 0 Å². The van der Waals surface area contributed by atoms with Crippen LogP contribution >= 0.6 is 23.7 Å². The summed E-state index contributed by atoms with van der Waals surface area (Å²) in [5.74, 6) is 0.821. The highest BCUT2D eigenvalue weighted by molar-refractivity contribution is 7.13. The molecule has 2 aromatic heterocycles. The maximum Gasteiger partial charge on any atom is 0.232 e. The van der Waals surface area contributed by atoms with Crippen LogP contribution in [-0.2, 0) is 12.0 Å². The van der Waals surface area contributed by atoms with Gasteiger partial charge in [0, 0.05) is 10.9 Å². The molecule has 0 amide bonds. The second kappa shape index (κ2) is 6.58. The molecule has 126 valence electrons. The third kappa shape index (κ3) is 3.19. The van der Waals surface area contributed by atoms with Gasteiger partial charge in [0.2, 0.25) is 5.89 Å². The second-order valence-electron chi connectivity index (χ2n) is 5.85. The molecule has 8 heteroatoms. The fraction of sp³-hybridized carbons (Fsp3) is 0.312. The van der Waals surface area contributed by atoms with Crippen molar-refractivity contribution in [1.82, 2.24) is 15.1 Å². The molecular weight excluding hydrogens is 351 g/mol. The number of aromatic nitrogens is 3. The van der Waals surface area contributed by atoms with E-state index in [0.717, 1.165) is 35.5 Å². The highest BCUT2D eigenvalue weighted by atomic mass is 35.5. The first-order chi connectivity index (χ1) is 11.1. The molecule has 3 aromatic rings. The maximum atomic E-state index is 13.3.